The number of hydrogen-bond acceptors (Lipinski definition) is 0. The van der Waals surface area contributed by atoms with Crippen LogP contribution in [0.4, 0.5) is 0 Å². The summed E-state index contributed by atoms with van der Waals surface area (Å²) in [6.07, 6.45) is 0. The SMILES string of the molecule is Cl[Si](Cl)(Cl)Cl.[Mn]. The maximum absolute atomic E-state index is 4.97. The Kier molecular flexibility index (Phi) is 6.92. The molecule has 0 N–H and O–H groups in total. The first-order valence-electron chi connectivity index (χ1n) is 0.756. The van der Waals surface area contributed by atoms with Crippen molar-refractivity contribution in [3.8, 4) is 0 Å². The molecule has 0 bridgehead atoms. The molecule has 0 aliphatic carbocycles. The first-order chi connectivity index (χ1) is 2.00. The van der Waals surface area contributed by atoms with Gasteiger partial charge in [-0.15, -0.1) is 44.3 Å². The van der Waals surface area contributed by atoms with Crippen molar-refractivity contribution in [3.05, 3.63) is 0 Å². The minimum absolute atomic E-state index is 0. The van der Waals surface area contributed by atoms with E-state index in [2.05, 4.69) is 0 Å². The summed E-state index contributed by atoms with van der Waals surface area (Å²) >= 11 is 19.9. The Hall–Kier alpha value is 1.90. The molecule has 1 radical (unpaired) electrons. The molecule has 0 unspecified atom stereocenters. The van der Waals surface area contributed by atoms with Crippen molar-refractivity contribution in [1.82, 2.24) is 0 Å². The summed E-state index contributed by atoms with van der Waals surface area (Å²) in [5.41, 5.74) is 0. The van der Waals surface area contributed by atoms with Crippen molar-refractivity contribution in [3.63, 3.8) is 0 Å². The van der Waals surface area contributed by atoms with Gasteiger partial charge in [-0.3, -0.25) is 0 Å². The van der Waals surface area contributed by atoms with E-state index >= 15 is 0 Å². The summed E-state index contributed by atoms with van der Waals surface area (Å²) in [6.45, 7) is 0. The molecule has 0 spiro atoms. The van der Waals surface area contributed by atoms with Gasteiger partial charge in [0, 0.05) is 17.1 Å². The molecule has 0 aromatic rings. The summed E-state index contributed by atoms with van der Waals surface area (Å²) in [5, 5.41) is -2.72. The van der Waals surface area contributed by atoms with Crippen LogP contribution < -0.4 is 0 Å². The van der Waals surface area contributed by atoms with Crippen LogP contribution in [0.15, 0.2) is 0 Å². The summed E-state index contributed by atoms with van der Waals surface area (Å²) in [6, 6.07) is 0. The van der Waals surface area contributed by atoms with Crippen LogP contribution in [0.25, 0.3) is 0 Å². The van der Waals surface area contributed by atoms with Crippen LogP contribution in [0.2, 0.25) is 0 Å². The Labute approximate surface area is 66.4 Å². The second-order valence-corrected chi connectivity index (χ2v) is 11.6. The molecule has 0 heterocycles. The topological polar surface area (TPSA) is 0 Å². The van der Waals surface area contributed by atoms with E-state index in [1.54, 1.807) is 0 Å². The van der Waals surface area contributed by atoms with Gasteiger partial charge in [-0.05, 0) is 0 Å². The Morgan fingerprint density at radius 3 is 0.833 bits per heavy atom. The van der Waals surface area contributed by atoms with Crippen LogP contribution >= 0.6 is 44.3 Å². The fourth-order valence-corrected chi connectivity index (χ4v) is 0. The van der Waals surface area contributed by atoms with Crippen LogP contribution in [0, 0.1) is 0 Å². The number of hydrogen-bond donors (Lipinski definition) is 0. The van der Waals surface area contributed by atoms with E-state index in [-0.39, 0.29) is 17.1 Å². The van der Waals surface area contributed by atoms with Gasteiger partial charge in [0.1, 0.15) is 0 Å². The van der Waals surface area contributed by atoms with Gasteiger partial charge in [0.05, 0.1) is 0 Å². The van der Waals surface area contributed by atoms with Gasteiger partial charge in [0.2, 0.25) is 0 Å². The van der Waals surface area contributed by atoms with Gasteiger partial charge in [0.15, 0.2) is 0 Å². The van der Waals surface area contributed by atoms with Crippen molar-refractivity contribution in [2.24, 2.45) is 0 Å². The minimum atomic E-state index is -2.72. The quantitative estimate of drug-likeness (QED) is 0.438. The van der Waals surface area contributed by atoms with E-state index in [0.717, 1.165) is 0 Å². The maximum atomic E-state index is 4.97. The molecule has 0 saturated carbocycles. The van der Waals surface area contributed by atoms with Gasteiger partial charge in [-0.1, -0.05) is 0 Å². The molecule has 0 nitrogen and oxygen atoms in total. The number of halogens is 4. The molecule has 39 valence electrons. The third-order valence-electron chi connectivity index (χ3n) is 0. The predicted molar refractivity (Wildman–Crippen MR) is 29.2 cm³/mol. The molecular weight excluding hydrogens is 225 g/mol. The van der Waals surface area contributed by atoms with E-state index in [4.69, 9.17) is 44.3 Å². The molecule has 0 rings (SSSR count). The van der Waals surface area contributed by atoms with E-state index < -0.39 is 5.31 Å². The van der Waals surface area contributed by atoms with Crippen molar-refractivity contribution in [2.45, 2.75) is 0 Å². The second-order valence-electron chi connectivity index (χ2n) is 0.429. The first kappa shape index (κ1) is 10.8. The average molecular weight is 225 g/mol. The average Bonchev–Trinajstić information content (AvgIpc) is 0.722. The van der Waals surface area contributed by atoms with Gasteiger partial charge in [0.25, 0.3) is 0 Å². The summed E-state index contributed by atoms with van der Waals surface area (Å²) in [7, 11) is 0. The third kappa shape index (κ3) is 39.3. The van der Waals surface area contributed by atoms with Crippen molar-refractivity contribution in [1.29, 1.82) is 0 Å². The van der Waals surface area contributed by atoms with Crippen molar-refractivity contribution >= 4 is 49.6 Å². The normalized spacial score (nSPS) is 10.0. The van der Waals surface area contributed by atoms with E-state index in [1.807, 2.05) is 0 Å². The molecule has 6 heteroatoms. The molecule has 6 heavy (non-hydrogen) atoms. The molecular formula is Cl4MnSi. The molecule has 0 saturated heterocycles. The minimum Gasteiger partial charge on any atom is -0.110 e. The standard InChI is InChI=1S/Cl4Si.Mn/c1-5(2,3)4;. The van der Waals surface area contributed by atoms with Gasteiger partial charge in [-0.2, -0.15) is 0 Å². The largest absolute Gasteiger partial charge is 0.440 e. The molecule has 0 amide bonds. The van der Waals surface area contributed by atoms with Gasteiger partial charge in [-0.25, -0.2) is 0 Å². The van der Waals surface area contributed by atoms with Crippen LogP contribution in [0.5, 0.6) is 0 Å². The van der Waals surface area contributed by atoms with Crippen LogP contribution in [0.1, 0.15) is 0 Å². The van der Waals surface area contributed by atoms with Gasteiger partial charge < -0.3 is 0 Å². The van der Waals surface area contributed by atoms with Gasteiger partial charge >= 0.3 is 5.31 Å². The Morgan fingerprint density at radius 2 is 0.833 bits per heavy atom. The Morgan fingerprint density at radius 1 is 0.833 bits per heavy atom. The Bertz CT molecular complexity index is 23.0. The maximum Gasteiger partial charge on any atom is 0.440 e. The van der Waals surface area contributed by atoms with Crippen LogP contribution in [-0.4, -0.2) is 5.31 Å². The molecule has 0 aromatic carbocycles. The molecule has 0 aromatic heterocycles. The zero-order valence-corrected chi connectivity index (χ0v) is 7.59. The van der Waals surface area contributed by atoms with E-state index in [9.17, 15) is 0 Å². The predicted octanol–water partition coefficient (Wildman–Crippen LogP) is 2.37. The van der Waals surface area contributed by atoms with Crippen LogP contribution in [0.3, 0.4) is 0 Å². The molecule has 0 atom stereocenters. The van der Waals surface area contributed by atoms with E-state index in [1.165, 1.54) is 0 Å². The number of rotatable bonds is 0. The second kappa shape index (κ2) is 3.85. The fourth-order valence-electron chi connectivity index (χ4n) is 0. The molecule has 0 aliphatic rings. The first-order valence-corrected chi connectivity index (χ1v) is 6.80. The molecule has 0 aliphatic heterocycles. The van der Waals surface area contributed by atoms with Crippen LogP contribution in [-0.2, 0) is 17.1 Å². The van der Waals surface area contributed by atoms with Crippen molar-refractivity contribution in [2.75, 3.05) is 0 Å². The smallest absolute Gasteiger partial charge is 0.110 e. The zero-order chi connectivity index (χ0) is 4.50. The van der Waals surface area contributed by atoms with E-state index in [0.29, 0.717) is 0 Å². The molecule has 0 fully saturated rings. The van der Waals surface area contributed by atoms with Crippen molar-refractivity contribution < 1.29 is 17.1 Å². The summed E-state index contributed by atoms with van der Waals surface area (Å²) in [5.74, 6) is 0. The third-order valence-corrected chi connectivity index (χ3v) is 0. The summed E-state index contributed by atoms with van der Waals surface area (Å²) < 4.78 is 0. The monoisotopic (exact) mass is 223 g/mol. The zero-order valence-electron chi connectivity index (χ0n) is 2.39. The summed E-state index contributed by atoms with van der Waals surface area (Å²) in [4.78, 5) is 0. The fraction of sp³-hybridized carbons (Fsp3) is 0. The Balaban J connectivity index is 0.